The quantitative estimate of drug-likeness (QED) is 0.437. The van der Waals surface area contributed by atoms with E-state index in [1.807, 2.05) is 12.1 Å². The Balaban J connectivity index is 3.19. The number of aliphatic imine (C=N–C) groups is 1. The van der Waals surface area contributed by atoms with Crippen LogP contribution in [0.25, 0.3) is 0 Å². The van der Waals surface area contributed by atoms with Gasteiger partial charge in [-0.15, -0.1) is 0 Å². The van der Waals surface area contributed by atoms with E-state index in [2.05, 4.69) is 45.0 Å². The highest BCUT2D eigenvalue weighted by Gasteiger charge is 1.96. The van der Waals surface area contributed by atoms with Crippen molar-refractivity contribution in [2.75, 3.05) is 0 Å². The predicted octanol–water partition coefficient (Wildman–Crippen LogP) is 3.68. The first-order valence-electron chi connectivity index (χ1n) is 2.77. The third-order valence-corrected chi connectivity index (χ3v) is 2.27. The number of benzene rings is 1. The summed E-state index contributed by atoms with van der Waals surface area (Å²) in [6.45, 7) is 0. The maximum atomic E-state index is 5.72. The summed E-state index contributed by atoms with van der Waals surface area (Å²) in [6, 6.07) is 5.41. The Morgan fingerprint density at radius 2 is 2.27 bits per heavy atom. The second-order valence-electron chi connectivity index (χ2n) is 1.80. The Hall–Kier alpha value is 0.0400. The molecule has 0 saturated heterocycles. The van der Waals surface area contributed by atoms with Crippen molar-refractivity contribution in [3.8, 4) is 0 Å². The van der Waals surface area contributed by atoms with Gasteiger partial charge in [0.05, 0.1) is 10.8 Å². The van der Waals surface area contributed by atoms with Crippen LogP contribution in [0.5, 0.6) is 0 Å². The molecule has 0 N–H and O–H groups in total. The molecule has 0 spiro atoms. The number of halogens is 2. The molecular weight excluding hydrogens is 293 g/mol. The number of hydrogen-bond donors (Lipinski definition) is 0. The number of isothiocyanates is 1. The summed E-state index contributed by atoms with van der Waals surface area (Å²) in [6.07, 6.45) is 0. The molecular formula is C7H3ClINS. The van der Waals surface area contributed by atoms with E-state index < -0.39 is 0 Å². The Morgan fingerprint density at radius 3 is 2.82 bits per heavy atom. The molecule has 0 aliphatic carbocycles. The number of rotatable bonds is 1. The van der Waals surface area contributed by atoms with Crippen LogP contribution in [0.4, 0.5) is 5.69 Å². The average molecular weight is 296 g/mol. The van der Waals surface area contributed by atoms with Crippen molar-refractivity contribution >= 4 is 57.3 Å². The van der Waals surface area contributed by atoms with Crippen molar-refractivity contribution < 1.29 is 0 Å². The third-order valence-electron chi connectivity index (χ3n) is 1.08. The monoisotopic (exact) mass is 295 g/mol. The smallest absolute Gasteiger partial charge is 0.0873 e. The molecule has 0 heterocycles. The lowest BCUT2D eigenvalue weighted by molar-refractivity contribution is 1.51. The fraction of sp³-hybridized carbons (Fsp3) is 0. The zero-order chi connectivity index (χ0) is 8.27. The molecule has 0 saturated carbocycles. The summed E-state index contributed by atoms with van der Waals surface area (Å²) in [5.74, 6) is 0. The molecule has 0 amide bonds. The van der Waals surface area contributed by atoms with E-state index in [1.54, 1.807) is 6.07 Å². The van der Waals surface area contributed by atoms with Crippen LogP contribution in [0, 0.1) is 3.57 Å². The van der Waals surface area contributed by atoms with Crippen molar-refractivity contribution in [1.82, 2.24) is 0 Å². The maximum Gasteiger partial charge on any atom is 0.0873 e. The molecule has 0 atom stereocenters. The minimum atomic E-state index is 0.706. The van der Waals surface area contributed by atoms with Crippen LogP contribution < -0.4 is 0 Å². The molecule has 0 unspecified atom stereocenters. The summed E-state index contributed by atoms with van der Waals surface area (Å²) in [4.78, 5) is 3.85. The van der Waals surface area contributed by atoms with Crippen LogP contribution in [0.3, 0.4) is 0 Å². The van der Waals surface area contributed by atoms with Crippen molar-refractivity contribution in [3.05, 3.63) is 26.8 Å². The molecule has 0 radical (unpaired) electrons. The SMILES string of the molecule is S=C=Nc1ccc(Cl)cc1I. The number of hydrogen-bond acceptors (Lipinski definition) is 2. The van der Waals surface area contributed by atoms with Gasteiger partial charge in [0.1, 0.15) is 0 Å². The highest BCUT2D eigenvalue weighted by molar-refractivity contribution is 14.1. The summed E-state index contributed by atoms with van der Waals surface area (Å²) >= 11 is 12.3. The maximum absolute atomic E-state index is 5.72. The van der Waals surface area contributed by atoms with Crippen LogP contribution in [-0.4, -0.2) is 5.16 Å². The Kier molecular flexibility index (Phi) is 3.45. The fourth-order valence-electron chi connectivity index (χ4n) is 0.621. The van der Waals surface area contributed by atoms with Gasteiger partial charge in [0.15, 0.2) is 0 Å². The van der Waals surface area contributed by atoms with E-state index in [-0.39, 0.29) is 0 Å². The van der Waals surface area contributed by atoms with E-state index in [9.17, 15) is 0 Å². The number of thiocarbonyl (C=S) groups is 1. The lowest BCUT2D eigenvalue weighted by Gasteiger charge is -1.95. The molecule has 56 valence electrons. The first-order chi connectivity index (χ1) is 5.24. The average Bonchev–Trinajstić information content (AvgIpc) is 1.95. The minimum Gasteiger partial charge on any atom is -0.194 e. The molecule has 0 aliphatic heterocycles. The molecule has 0 aromatic heterocycles. The molecule has 0 bridgehead atoms. The van der Waals surface area contributed by atoms with Gasteiger partial charge in [0.25, 0.3) is 0 Å². The summed E-state index contributed by atoms with van der Waals surface area (Å²) < 4.78 is 0.979. The standard InChI is InChI=1S/C7H3ClINS/c8-5-1-2-7(10-4-11)6(9)3-5/h1-3H. The molecule has 0 aliphatic rings. The summed E-state index contributed by atoms with van der Waals surface area (Å²) in [5, 5.41) is 3.01. The van der Waals surface area contributed by atoms with Gasteiger partial charge in [-0.3, -0.25) is 0 Å². The normalized spacial score (nSPS) is 8.91. The second-order valence-corrected chi connectivity index (χ2v) is 3.58. The van der Waals surface area contributed by atoms with Crippen LogP contribution >= 0.6 is 46.4 Å². The van der Waals surface area contributed by atoms with E-state index in [0.29, 0.717) is 5.02 Å². The van der Waals surface area contributed by atoms with Gasteiger partial charge in [-0.2, -0.15) is 4.99 Å². The van der Waals surface area contributed by atoms with E-state index in [1.165, 1.54) is 0 Å². The van der Waals surface area contributed by atoms with Gasteiger partial charge in [-0.05, 0) is 53.0 Å². The van der Waals surface area contributed by atoms with Gasteiger partial charge in [0.2, 0.25) is 0 Å². The van der Waals surface area contributed by atoms with Crippen molar-refractivity contribution in [1.29, 1.82) is 0 Å². The van der Waals surface area contributed by atoms with Gasteiger partial charge in [-0.1, -0.05) is 11.6 Å². The lowest BCUT2D eigenvalue weighted by atomic mass is 10.3. The first-order valence-corrected chi connectivity index (χ1v) is 4.63. The van der Waals surface area contributed by atoms with E-state index in [4.69, 9.17) is 11.6 Å². The fourth-order valence-corrected chi connectivity index (χ4v) is 1.71. The molecule has 1 rings (SSSR count). The molecule has 1 aromatic carbocycles. The highest BCUT2D eigenvalue weighted by atomic mass is 127. The molecule has 11 heavy (non-hydrogen) atoms. The Bertz CT molecular complexity index is 320. The Morgan fingerprint density at radius 1 is 1.55 bits per heavy atom. The molecule has 4 heteroatoms. The lowest BCUT2D eigenvalue weighted by Crippen LogP contribution is -1.71. The van der Waals surface area contributed by atoms with Crippen LogP contribution in [0.1, 0.15) is 0 Å². The van der Waals surface area contributed by atoms with Gasteiger partial charge in [0, 0.05) is 8.59 Å². The third kappa shape index (κ3) is 2.52. The van der Waals surface area contributed by atoms with Gasteiger partial charge < -0.3 is 0 Å². The van der Waals surface area contributed by atoms with Crippen LogP contribution in [-0.2, 0) is 0 Å². The molecule has 0 fully saturated rings. The molecule has 1 nitrogen and oxygen atoms in total. The van der Waals surface area contributed by atoms with Crippen molar-refractivity contribution in [2.45, 2.75) is 0 Å². The predicted molar refractivity (Wildman–Crippen MR) is 58.9 cm³/mol. The molecule has 1 aromatic rings. The topological polar surface area (TPSA) is 12.4 Å². The van der Waals surface area contributed by atoms with Gasteiger partial charge >= 0.3 is 0 Å². The zero-order valence-corrected chi connectivity index (χ0v) is 9.07. The largest absolute Gasteiger partial charge is 0.194 e. The first kappa shape index (κ1) is 9.13. The summed E-state index contributed by atoms with van der Waals surface area (Å²) in [5.41, 5.74) is 0.810. The van der Waals surface area contributed by atoms with E-state index in [0.717, 1.165) is 9.26 Å². The van der Waals surface area contributed by atoms with Crippen LogP contribution in [0.15, 0.2) is 23.2 Å². The summed E-state index contributed by atoms with van der Waals surface area (Å²) in [7, 11) is 0. The zero-order valence-electron chi connectivity index (χ0n) is 5.34. The second kappa shape index (κ2) is 4.16. The highest BCUT2D eigenvalue weighted by Crippen LogP contribution is 2.23. The van der Waals surface area contributed by atoms with Gasteiger partial charge in [-0.25, -0.2) is 0 Å². The van der Waals surface area contributed by atoms with Crippen LogP contribution in [0.2, 0.25) is 5.02 Å². The van der Waals surface area contributed by atoms with Crippen molar-refractivity contribution in [2.24, 2.45) is 4.99 Å². The Labute approximate surface area is 88.6 Å². The minimum absolute atomic E-state index is 0.706. The number of nitrogens with zero attached hydrogens (tertiary/aromatic N) is 1. The van der Waals surface area contributed by atoms with E-state index >= 15 is 0 Å². The van der Waals surface area contributed by atoms with Crippen molar-refractivity contribution in [3.63, 3.8) is 0 Å².